The van der Waals surface area contributed by atoms with Gasteiger partial charge in [-0.25, -0.2) is 4.79 Å². The molecule has 16 heavy (non-hydrogen) atoms. The molecule has 0 saturated carbocycles. The van der Waals surface area contributed by atoms with Gasteiger partial charge in [0, 0.05) is 11.5 Å². The number of nitro benzene ring substituents is 1. The lowest BCUT2D eigenvalue weighted by Gasteiger charge is -2.08. The minimum absolute atomic E-state index is 0.262. The van der Waals surface area contributed by atoms with Gasteiger partial charge in [0.1, 0.15) is 0 Å². The minimum Gasteiger partial charge on any atom is -0.868 e. The van der Waals surface area contributed by atoms with Crippen molar-refractivity contribution < 1.29 is 14.4 Å². The molecule has 0 unspecified atom stereocenters. The predicted octanol–water partition coefficient (Wildman–Crippen LogP) is 1.08. The van der Waals surface area contributed by atoms with Gasteiger partial charge in [-0.2, -0.15) is 0 Å². The number of nitro groups is 1. The highest BCUT2D eigenvalue weighted by Gasteiger charge is 2.17. The van der Waals surface area contributed by atoms with E-state index >= 15 is 0 Å². The molecule has 0 spiro atoms. The van der Waals surface area contributed by atoms with Crippen molar-refractivity contribution in [2.75, 3.05) is 0 Å². The Morgan fingerprint density at radius 2 is 2.06 bits per heavy atom. The Hall–Kier alpha value is -2.37. The Kier molecular flexibility index (Phi) is 2.12. The average Bonchev–Trinajstić information content (AvgIpc) is 2.15. The van der Waals surface area contributed by atoms with Crippen LogP contribution in [0.3, 0.4) is 0 Å². The molecule has 1 heterocycles. The SMILES string of the molecule is Cc1cc(=O)oc2c([N+](=O)[O-])c([O-])ccc12. The van der Waals surface area contributed by atoms with E-state index in [-0.39, 0.29) is 5.58 Å². The molecule has 6 heteroatoms. The molecular weight excluding hydrogens is 214 g/mol. The van der Waals surface area contributed by atoms with Crippen molar-refractivity contribution in [3.05, 3.63) is 44.3 Å². The molecule has 0 aliphatic heterocycles. The molecule has 1 aromatic carbocycles. The number of benzene rings is 1. The van der Waals surface area contributed by atoms with E-state index in [1.54, 1.807) is 6.92 Å². The predicted molar refractivity (Wildman–Crippen MR) is 53.3 cm³/mol. The molecule has 82 valence electrons. The lowest BCUT2D eigenvalue weighted by Crippen LogP contribution is -2.03. The summed E-state index contributed by atoms with van der Waals surface area (Å²) >= 11 is 0. The molecule has 0 N–H and O–H groups in total. The summed E-state index contributed by atoms with van der Waals surface area (Å²) < 4.78 is 4.72. The number of fused-ring (bicyclic) bond motifs is 1. The molecular formula is C10H6NO5-. The Morgan fingerprint density at radius 3 is 2.69 bits per heavy atom. The molecule has 0 saturated heterocycles. The van der Waals surface area contributed by atoms with Crippen molar-refractivity contribution in [1.82, 2.24) is 0 Å². The fraction of sp³-hybridized carbons (Fsp3) is 0.100. The number of nitrogens with zero attached hydrogens (tertiary/aromatic N) is 1. The quantitative estimate of drug-likeness (QED) is 0.407. The van der Waals surface area contributed by atoms with Crippen molar-refractivity contribution in [1.29, 1.82) is 0 Å². The third-order valence-electron chi connectivity index (χ3n) is 2.24. The van der Waals surface area contributed by atoms with Crippen LogP contribution in [0.4, 0.5) is 5.69 Å². The van der Waals surface area contributed by atoms with E-state index in [1.165, 1.54) is 12.1 Å². The lowest BCUT2D eigenvalue weighted by atomic mass is 10.1. The summed E-state index contributed by atoms with van der Waals surface area (Å²) in [6.45, 7) is 1.62. The number of aryl methyl sites for hydroxylation is 1. The molecule has 0 radical (unpaired) electrons. The minimum atomic E-state index is -0.840. The molecule has 2 rings (SSSR count). The maximum atomic E-state index is 11.3. The maximum absolute atomic E-state index is 11.3. The van der Waals surface area contributed by atoms with Gasteiger partial charge in [-0.3, -0.25) is 10.1 Å². The fourth-order valence-corrected chi connectivity index (χ4v) is 1.52. The molecule has 6 nitrogen and oxygen atoms in total. The largest absolute Gasteiger partial charge is 0.868 e. The first-order valence-corrected chi connectivity index (χ1v) is 4.39. The van der Waals surface area contributed by atoms with E-state index in [4.69, 9.17) is 4.42 Å². The summed E-state index contributed by atoms with van der Waals surface area (Å²) in [6.07, 6.45) is 0. The second kappa shape index (κ2) is 3.34. The van der Waals surface area contributed by atoms with Gasteiger partial charge in [0.2, 0.25) is 5.58 Å². The monoisotopic (exact) mass is 220 g/mol. The average molecular weight is 220 g/mol. The molecule has 1 aromatic heterocycles. The van der Waals surface area contributed by atoms with Crippen LogP contribution in [0.1, 0.15) is 5.56 Å². The summed E-state index contributed by atoms with van der Waals surface area (Å²) in [5.41, 5.74) is -1.13. The first-order valence-electron chi connectivity index (χ1n) is 4.39. The van der Waals surface area contributed by atoms with Gasteiger partial charge in [0.05, 0.1) is 4.92 Å². The van der Waals surface area contributed by atoms with Gasteiger partial charge in [-0.15, -0.1) is 0 Å². The Labute approximate surface area is 88.9 Å². The van der Waals surface area contributed by atoms with E-state index in [9.17, 15) is 20.0 Å². The second-order valence-corrected chi connectivity index (χ2v) is 3.29. The van der Waals surface area contributed by atoms with Crippen LogP contribution in [-0.4, -0.2) is 4.92 Å². The summed E-state index contributed by atoms with van der Waals surface area (Å²) in [4.78, 5) is 21.0. The van der Waals surface area contributed by atoms with Crippen molar-refractivity contribution in [3.63, 3.8) is 0 Å². The topological polar surface area (TPSA) is 96.4 Å². The van der Waals surface area contributed by atoms with Crippen molar-refractivity contribution in [3.8, 4) is 5.75 Å². The molecule has 0 amide bonds. The van der Waals surface area contributed by atoms with Gasteiger partial charge >= 0.3 is 11.3 Å². The van der Waals surface area contributed by atoms with Crippen LogP contribution in [0.2, 0.25) is 0 Å². The van der Waals surface area contributed by atoms with E-state index < -0.39 is 22.0 Å². The first kappa shape index (κ1) is 10.2. The molecule has 0 fully saturated rings. The summed E-state index contributed by atoms with van der Waals surface area (Å²) in [7, 11) is 0. The lowest BCUT2D eigenvalue weighted by molar-refractivity contribution is -0.397. The van der Waals surface area contributed by atoms with Gasteiger partial charge in [0.25, 0.3) is 0 Å². The summed E-state index contributed by atoms with van der Waals surface area (Å²) in [5, 5.41) is 22.4. The van der Waals surface area contributed by atoms with Crippen molar-refractivity contribution in [2.45, 2.75) is 6.92 Å². The van der Waals surface area contributed by atoms with Gasteiger partial charge in [0.15, 0.2) is 0 Å². The van der Waals surface area contributed by atoms with E-state index in [2.05, 4.69) is 0 Å². The standard InChI is InChI=1S/C10H7NO5/c1-5-4-8(13)16-10-6(5)2-3-7(12)9(10)11(14)15/h2-4,12H,1H3/p-1. The Balaban J connectivity index is 3.03. The third kappa shape index (κ3) is 1.40. The smallest absolute Gasteiger partial charge is 0.336 e. The first-order chi connectivity index (χ1) is 7.50. The highest BCUT2D eigenvalue weighted by atomic mass is 16.6. The zero-order chi connectivity index (χ0) is 11.9. The highest BCUT2D eigenvalue weighted by molar-refractivity contribution is 5.90. The van der Waals surface area contributed by atoms with Crippen LogP contribution in [0.25, 0.3) is 11.0 Å². The van der Waals surface area contributed by atoms with Crippen molar-refractivity contribution in [2.24, 2.45) is 0 Å². The van der Waals surface area contributed by atoms with Crippen LogP contribution in [0.15, 0.2) is 27.4 Å². The zero-order valence-electron chi connectivity index (χ0n) is 8.22. The van der Waals surface area contributed by atoms with E-state index in [0.29, 0.717) is 10.9 Å². The van der Waals surface area contributed by atoms with Crippen molar-refractivity contribution >= 4 is 16.7 Å². The number of hydrogen-bond acceptors (Lipinski definition) is 5. The Bertz CT molecular complexity index is 643. The number of hydrogen-bond donors (Lipinski definition) is 0. The van der Waals surface area contributed by atoms with Gasteiger partial charge in [-0.1, -0.05) is 12.1 Å². The van der Waals surface area contributed by atoms with Crippen LogP contribution in [0, 0.1) is 17.0 Å². The van der Waals surface area contributed by atoms with E-state index in [1.807, 2.05) is 0 Å². The third-order valence-corrected chi connectivity index (χ3v) is 2.24. The van der Waals surface area contributed by atoms with Crippen LogP contribution in [0.5, 0.6) is 5.75 Å². The molecule has 0 bridgehead atoms. The molecule has 0 aliphatic carbocycles. The van der Waals surface area contributed by atoms with Crippen LogP contribution in [-0.2, 0) is 0 Å². The number of rotatable bonds is 1. The molecule has 0 aliphatic rings. The zero-order valence-corrected chi connectivity index (χ0v) is 8.22. The van der Waals surface area contributed by atoms with Gasteiger partial charge < -0.3 is 9.52 Å². The van der Waals surface area contributed by atoms with Crippen LogP contribution >= 0.6 is 0 Å². The van der Waals surface area contributed by atoms with Crippen LogP contribution < -0.4 is 10.7 Å². The summed E-state index contributed by atoms with van der Waals surface area (Å²) in [5.74, 6) is -0.772. The normalized spacial score (nSPS) is 10.6. The molecule has 0 atom stereocenters. The Morgan fingerprint density at radius 1 is 1.38 bits per heavy atom. The second-order valence-electron chi connectivity index (χ2n) is 3.29. The fourth-order valence-electron chi connectivity index (χ4n) is 1.52. The molecule has 2 aromatic rings. The van der Waals surface area contributed by atoms with Gasteiger partial charge in [-0.05, 0) is 18.2 Å². The summed E-state index contributed by atoms with van der Waals surface area (Å²) in [6, 6.07) is 3.72. The maximum Gasteiger partial charge on any atom is 0.336 e. The van der Waals surface area contributed by atoms with E-state index in [0.717, 1.165) is 6.07 Å². The highest BCUT2D eigenvalue weighted by Crippen LogP contribution is 2.32.